The van der Waals surface area contributed by atoms with Crippen LogP contribution in [0.15, 0.2) is 41.3 Å². The Morgan fingerprint density at radius 2 is 1.74 bits per heavy atom. The topological polar surface area (TPSA) is 57.7 Å². The third-order valence-electron chi connectivity index (χ3n) is 4.40. The number of amides is 1. The van der Waals surface area contributed by atoms with Gasteiger partial charge in [-0.05, 0) is 38.3 Å². The smallest absolute Gasteiger partial charge is 0.265 e. The van der Waals surface area contributed by atoms with Crippen LogP contribution < -0.4 is 4.31 Å². The van der Waals surface area contributed by atoms with Gasteiger partial charge in [-0.1, -0.05) is 24.3 Å². The third-order valence-corrected chi connectivity index (χ3v) is 6.33. The summed E-state index contributed by atoms with van der Waals surface area (Å²) in [5.41, 5.74) is 0.589. The summed E-state index contributed by atoms with van der Waals surface area (Å²) in [6, 6.07) is 9.94. The highest BCUT2D eigenvalue weighted by atomic mass is 32.2. The second-order valence-electron chi connectivity index (χ2n) is 5.62. The summed E-state index contributed by atoms with van der Waals surface area (Å²) in [6.45, 7) is 6.56. The molecule has 0 unspecified atom stereocenters. The van der Waals surface area contributed by atoms with Gasteiger partial charge in [0.05, 0.1) is 10.6 Å². The molecule has 1 aliphatic heterocycles. The fraction of sp³-hybridized carbons (Fsp3) is 0.353. The van der Waals surface area contributed by atoms with Crippen LogP contribution in [0, 0.1) is 0 Å². The summed E-state index contributed by atoms with van der Waals surface area (Å²) in [7, 11) is -3.71. The van der Waals surface area contributed by atoms with Crippen molar-refractivity contribution in [3.05, 3.63) is 36.4 Å². The summed E-state index contributed by atoms with van der Waals surface area (Å²) >= 11 is 0. The van der Waals surface area contributed by atoms with E-state index in [4.69, 9.17) is 0 Å². The maximum Gasteiger partial charge on any atom is 0.265 e. The van der Waals surface area contributed by atoms with Gasteiger partial charge in [-0.25, -0.2) is 8.42 Å². The highest BCUT2D eigenvalue weighted by Gasteiger charge is 2.41. The molecule has 0 bridgehead atoms. The summed E-state index contributed by atoms with van der Waals surface area (Å²) in [4.78, 5) is 14.6. The molecule has 0 aromatic heterocycles. The number of carbonyl (C=O) groups is 1. The fourth-order valence-electron chi connectivity index (χ4n) is 3.24. The van der Waals surface area contributed by atoms with Crippen molar-refractivity contribution in [2.75, 3.05) is 17.4 Å². The molecule has 2 aromatic carbocycles. The van der Waals surface area contributed by atoms with E-state index in [1.807, 2.05) is 32.0 Å². The Hall–Kier alpha value is -2.08. The lowest BCUT2D eigenvalue weighted by Gasteiger charge is -2.30. The van der Waals surface area contributed by atoms with Gasteiger partial charge in [0.25, 0.3) is 10.0 Å². The van der Waals surface area contributed by atoms with Crippen LogP contribution in [-0.2, 0) is 14.8 Å². The zero-order valence-electron chi connectivity index (χ0n) is 13.5. The van der Waals surface area contributed by atoms with E-state index in [0.29, 0.717) is 24.2 Å². The second kappa shape index (κ2) is 5.53. The Balaban J connectivity index is 2.16. The molecule has 0 radical (unpaired) electrons. The zero-order valence-corrected chi connectivity index (χ0v) is 14.3. The lowest BCUT2D eigenvalue weighted by Crippen LogP contribution is -2.48. The van der Waals surface area contributed by atoms with Gasteiger partial charge >= 0.3 is 0 Å². The predicted octanol–water partition coefficient (Wildman–Crippen LogP) is 2.61. The largest absolute Gasteiger partial charge is 0.341 e. The lowest BCUT2D eigenvalue weighted by atomic mass is 10.1. The van der Waals surface area contributed by atoms with E-state index >= 15 is 0 Å². The van der Waals surface area contributed by atoms with Crippen molar-refractivity contribution in [2.24, 2.45) is 0 Å². The minimum atomic E-state index is -3.71. The number of hydrogen-bond donors (Lipinski definition) is 0. The average molecular weight is 332 g/mol. The number of nitrogens with zero attached hydrogens (tertiary/aromatic N) is 2. The van der Waals surface area contributed by atoms with Crippen LogP contribution in [0.1, 0.15) is 20.8 Å². The first-order valence-electron chi connectivity index (χ1n) is 7.78. The third kappa shape index (κ3) is 2.20. The molecular formula is C17H20N2O3S. The van der Waals surface area contributed by atoms with Crippen LogP contribution in [0.4, 0.5) is 5.69 Å². The van der Waals surface area contributed by atoms with Gasteiger partial charge in [0.1, 0.15) is 6.04 Å². The molecule has 1 heterocycles. The second-order valence-corrected chi connectivity index (χ2v) is 7.40. The molecule has 0 saturated carbocycles. The van der Waals surface area contributed by atoms with E-state index in [1.165, 1.54) is 4.31 Å². The number of carbonyl (C=O) groups excluding carboxylic acids is 1. The van der Waals surface area contributed by atoms with E-state index in [2.05, 4.69) is 0 Å². The van der Waals surface area contributed by atoms with Crippen molar-refractivity contribution in [1.29, 1.82) is 0 Å². The molecule has 23 heavy (non-hydrogen) atoms. The van der Waals surface area contributed by atoms with Crippen LogP contribution in [-0.4, -0.2) is 38.4 Å². The lowest BCUT2D eigenvalue weighted by molar-refractivity contribution is -0.131. The Labute approximate surface area is 136 Å². The minimum Gasteiger partial charge on any atom is -0.341 e. The van der Waals surface area contributed by atoms with Crippen molar-refractivity contribution < 1.29 is 13.2 Å². The zero-order chi connectivity index (χ0) is 16.8. The number of sulfonamides is 1. The van der Waals surface area contributed by atoms with Crippen LogP contribution in [0.25, 0.3) is 10.8 Å². The van der Waals surface area contributed by atoms with Crippen molar-refractivity contribution in [3.63, 3.8) is 0 Å². The summed E-state index contributed by atoms with van der Waals surface area (Å²) in [5, 5.41) is 1.57. The number of likely N-dealkylation sites (N-methyl/N-ethyl adjacent to an activating group) is 1. The highest BCUT2D eigenvalue weighted by molar-refractivity contribution is 7.93. The number of hydrogen-bond acceptors (Lipinski definition) is 3. The van der Waals surface area contributed by atoms with Crippen LogP contribution in [0.5, 0.6) is 0 Å². The van der Waals surface area contributed by atoms with Crippen molar-refractivity contribution in [3.8, 4) is 0 Å². The molecule has 6 heteroatoms. The maximum atomic E-state index is 13.0. The van der Waals surface area contributed by atoms with Crippen LogP contribution >= 0.6 is 0 Å². The van der Waals surface area contributed by atoms with E-state index in [9.17, 15) is 13.2 Å². The molecule has 5 nitrogen and oxygen atoms in total. The Morgan fingerprint density at radius 3 is 2.35 bits per heavy atom. The SMILES string of the molecule is CCN(CC)C(=O)[C@@H](C)N1c2cccc3cccc(c23)S1(=O)=O. The van der Waals surface area contributed by atoms with Gasteiger partial charge in [-0.3, -0.25) is 9.10 Å². The van der Waals surface area contributed by atoms with Crippen LogP contribution in [0.2, 0.25) is 0 Å². The molecule has 0 aliphatic carbocycles. The van der Waals surface area contributed by atoms with Gasteiger partial charge < -0.3 is 4.90 Å². The molecule has 3 rings (SSSR count). The molecule has 0 fully saturated rings. The van der Waals surface area contributed by atoms with E-state index < -0.39 is 16.1 Å². The Morgan fingerprint density at radius 1 is 1.13 bits per heavy atom. The molecule has 2 aromatic rings. The van der Waals surface area contributed by atoms with E-state index in [1.54, 1.807) is 30.0 Å². The molecule has 0 spiro atoms. The van der Waals surface area contributed by atoms with Crippen molar-refractivity contribution >= 4 is 32.4 Å². The fourth-order valence-corrected chi connectivity index (χ4v) is 5.10. The maximum absolute atomic E-state index is 13.0. The first kappa shape index (κ1) is 15.8. The predicted molar refractivity (Wildman–Crippen MR) is 91.0 cm³/mol. The van der Waals surface area contributed by atoms with Gasteiger partial charge in [0, 0.05) is 18.5 Å². The molecule has 122 valence electrons. The average Bonchev–Trinajstić information content (AvgIpc) is 2.77. The molecule has 1 atom stereocenters. The number of anilines is 1. The summed E-state index contributed by atoms with van der Waals surface area (Å²) in [5.74, 6) is -0.177. The van der Waals surface area contributed by atoms with Crippen molar-refractivity contribution in [1.82, 2.24) is 4.90 Å². The monoisotopic (exact) mass is 332 g/mol. The van der Waals surface area contributed by atoms with Gasteiger partial charge in [0.2, 0.25) is 5.91 Å². The van der Waals surface area contributed by atoms with Gasteiger partial charge in [-0.2, -0.15) is 0 Å². The summed E-state index contributed by atoms with van der Waals surface area (Å²) < 4.78 is 27.2. The van der Waals surface area contributed by atoms with Gasteiger partial charge in [-0.15, -0.1) is 0 Å². The van der Waals surface area contributed by atoms with E-state index in [0.717, 1.165) is 5.39 Å². The standard InChI is InChI=1S/C17H20N2O3S/c1-4-18(5-2)17(20)12(3)19-14-10-6-8-13-9-7-11-15(16(13)14)23(19,21)22/h6-12H,4-5H2,1-3H3/t12-/m1/s1. The van der Waals surface area contributed by atoms with Gasteiger partial charge in [0.15, 0.2) is 0 Å². The normalized spacial score (nSPS) is 16.6. The molecule has 0 N–H and O–H groups in total. The Bertz CT molecular complexity index is 867. The van der Waals surface area contributed by atoms with Crippen molar-refractivity contribution in [2.45, 2.75) is 31.7 Å². The quantitative estimate of drug-likeness (QED) is 0.865. The molecular weight excluding hydrogens is 312 g/mol. The molecule has 0 saturated heterocycles. The summed E-state index contributed by atoms with van der Waals surface area (Å²) in [6.07, 6.45) is 0. The van der Waals surface area contributed by atoms with E-state index in [-0.39, 0.29) is 10.8 Å². The first-order chi connectivity index (χ1) is 10.9. The minimum absolute atomic E-state index is 0.177. The molecule has 1 amide bonds. The number of benzene rings is 2. The highest BCUT2D eigenvalue weighted by Crippen LogP contribution is 2.43. The first-order valence-corrected chi connectivity index (χ1v) is 9.22. The molecule has 1 aliphatic rings. The Kier molecular flexibility index (Phi) is 3.80. The van der Waals surface area contributed by atoms with Crippen LogP contribution in [0.3, 0.4) is 0 Å². The number of rotatable bonds is 4.